The van der Waals surface area contributed by atoms with Crippen LogP contribution in [0.15, 0.2) is 0 Å². The van der Waals surface area contributed by atoms with E-state index >= 15 is 0 Å². The molecule has 2 rings (SSSR count). The Morgan fingerprint density at radius 2 is 2.00 bits per heavy atom. The van der Waals surface area contributed by atoms with Crippen molar-refractivity contribution in [1.29, 1.82) is 0 Å². The average molecular weight is 386 g/mol. The quantitative estimate of drug-likeness (QED) is 0.405. The van der Waals surface area contributed by atoms with E-state index in [4.69, 9.17) is 9.57 Å². The molecule has 0 saturated carbocycles. The second-order valence-corrected chi connectivity index (χ2v) is 8.11. The minimum atomic E-state index is -0.669. The zero-order chi connectivity index (χ0) is 20.4. The summed E-state index contributed by atoms with van der Waals surface area (Å²) in [5.41, 5.74) is 1.74. The molecule has 0 aromatic carbocycles. The first kappa shape index (κ1) is 21.2. The van der Waals surface area contributed by atoms with E-state index in [1.165, 1.54) is 9.80 Å². The third kappa shape index (κ3) is 5.23. The fourth-order valence-corrected chi connectivity index (χ4v) is 3.14. The highest BCUT2D eigenvalue weighted by atomic mass is 16.7. The molecule has 2 atom stereocenters. The minimum Gasteiger partial charge on any atom is -0.444 e. The predicted molar refractivity (Wildman–Crippen MR) is 94.7 cm³/mol. The molecule has 0 aliphatic carbocycles. The molecule has 0 radical (unpaired) electrons. The largest absolute Gasteiger partial charge is 0.444 e. The summed E-state index contributed by atoms with van der Waals surface area (Å²) in [5, 5.41) is 10.3. The molecule has 27 heavy (non-hydrogen) atoms. The van der Waals surface area contributed by atoms with Crippen molar-refractivity contribution in [2.75, 3.05) is 19.7 Å². The number of piperidine rings is 1. The first-order valence-corrected chi connectivity index (χ1v) is 9.21. The molecular formula is C17H30N4O6. The van der Waals surface area contributed by atoms with E-state index in [-0.39, 0.29) is 25.2 Å². The Bertz CT molecular complexity index is 576. The van der Waals surface area contributed by atoms with Gasteiger partial charge < -0.3 is 14.5 Å². The molecule has 2 saturated heterocycles. The normalized spacial score (nSPS) is 22.3. The monoisotopic (exact) mass is 386 g/mol. The number of nitrogens with one attached hydrogen (secondary N) is 1. The number of fused-ring (bicyclic) bond motifs is 2. The fraction of sp³-hybridized carbons (Fsp3) is 0.824. The van der Waals surface area contributed by atoms with E-state index in [9.17, 15) is 19.6 Å². The van der Waals surface area contributed by atoms with Crippen LogP contribution in [0.2, 0.25) is 0 Å². The van der Waals surface area contributed by atoms with Crippen LogP contribution in [-0.2, 0) is 14.4 Å². The molecule has 0 spiro atoms. The van der Waals surface area contributed by atoms with Crippen LogP contribution in [0.4, 0.5) is 9.59 Å². The molecule has 154 valence electrons. The topological polar surface area (TPSA) is 112 Å². The van der Waals surface area contributed by atoms with Crippen LogP contribution >= 0.6 is 0 Å². The number of amides is 4. The van der Waals surface area contributed by atoms with Crippen LogP contribution in [0.1, 0.15) is 47.5 Å². The van der Waals surface area contributed by atoms with Crippen LogP contribution in [0, 0.1) is 0 Å². The second kappa shape index (κ2) is 8.30. The Hall–Kier alpha value is -2.07. The number of carbonyl (C=O) groups excluding carboxylic acids is 3. The number of hydrogen-bond acceptors (Lipinski definition) is 6. The number of hydroxylamine groups is 3. The number of hydrogen-bond donors (Lipinski definition) is 2. The Morgan fingerprint density at radius 1 is 1.33 bits per heavy atom. The number of ether oxygens (including phenoxy) is 1. The van der Waals surface area contributed by atoms with Gasteiger partial charge in [0.15, 0.2) is 0 Å². The average Bonchev–Trinajstić information content (AvgIpc) is 2.77. The molecule has 2 N–H and O–H groups in total. The Kier molecular flexibility index (Phi) is 6.53. The van der Waals surface area contributed by atoms with Crippen molar-refractivity contribution in [2.24, 2.45) is 0 Å². The number of carbonyl (C=O) groups is 3. The third-order valence-corrected chi connectivity index (χ3v) is 4.51. The maximum absolute atomic E-state index is 12.3. The summed E-state index contributed by atoms with van der Waals surface area (Å²) in [6, 6.07) is -1.57. The lowest BCUT2D eigenvalue weighted by Crippen LogP contribution is -2.50. The highest BCUT2D eigenvalue weighted by Gasteiger charge is 2.46. The van der Waals surface area contributed by atoms with Gasteiger partial charge in [-0.25, -0.2) is 20.1 Å². The van der Waals surface area contributed by atoms with Gasteiger partial charge in [-0.15, -0.1) is 0 Å². The van der Waals surface area contributed by atoms with Gasteiger partial charge >= 0.3 is 12.1 Å². The fourth-order valence-electron chi connectivity index (χ4n) is 3.14. The Labute approximate surface area is 159 Å². The maximum atomic E-state index is 12.3. The van der Waals surface area contributed by atoms with Gasteiger partial charge in [-0.3, -0.25) is 14.8 Å². The first-order chi connectivity index (χ1) is 12.5. The minimum absolute atomic E-state index is 0.0819. The van der Waals surface area contributed by atoms with E-state index < -0.39 is 29.7 Å². The molecule has 4 amide bonds. The smallest absolute Gasteiger partial charge is 0.410 e. The van der Waals surface area contributed by atoms with Crippen molar-refractivity contribution in [3.63, 3.8) is 0 Å². The summed E-state index contributed by atoms with van der Waals surface area (Å²) in [6.45, 7) is 9.76. The number of urea groups is 1. The third-order valence-electron chi connectivity index (χ3n) is 4.51. The number of nitrogens with zero attached hydrogens (tertiary/aromatic N) is 3. The molecule has 2 aliphatic heterocycles. The first-order valence-electron chi connectivity index (χ1n) is 9.21. The SMILES string of the molecule is CC(C)N(CCONC(=O)[C@@H]1CCC2CN1C(=O)N2O)C(=O)OC(C)(C)C. The molecule has 1 unspecified atom stereocenters. The summed E-state index contributed by atoms with van der Waals surface area (Å²) in [5.74, 6) is -0.439. The summed E-state index contributed by atoms with van der Waals surface area (Å²) < 4.78 is 5.36. The van der Waals surface area contributed by atoms with E-state index in [0.29, 0.717) is 24.4 Å². The summed E-state index contributed by atoms with van der Waals surface area (Å²) in [7, 11) is 0. The predicted octanol–water partition coefficient (Wildman–Crippen LogP) is 1.34. The maximum Gasteiger partial charge on any atom is 0.410 e. The van der Waals surface area contributed by atoms with Crippen molar-refractivity contribution >= 4 is 18.0 Å². The Balaban J connectivity index is 1.79. The molecule has 10 heteroatoms. The highest BCUT2D eigenvalue weighted by molar-refractivity contribution is 5.87. The molecule has 2 fully saturated rings. The van der Waals surface area contributed by atoms with Gasteiger partial charge in [-0.1, -0.05) is 0 Å². The van der Waals surface area contributed by atoms with Crippen molar-refractivity contribution in [1.82, 2.24) is 20.3 Å². The van der Waals surface area contributed by atoms with E-state index in [1.54, 1.807) is 20.8 Å². The van der Waals surface area contributed by atoms with Crippen molar-refractivity contribution in [2.45, 2.75) is 71.2 Å². The van der Waals surface area contributed by atoms with Crippen molar-refractivity contribution in [3.05, 3.63) is 0 Å². The van der Waals surface area contributed by atoms with Gasteiger partial charge in [0.05, 0.1) is 19.2 Å². The second-order valence-electron chi connectivity index (χ2n) is 8.11. The zero-order valence-corrected chi connectivity index (χ0v) is 16.6. The van der Waals surface area contributed by atoms with Crippen LogP contribution in [0.5, 0.6) is 0 Å². The van der Waals surface area contributed by atoms with E-state index in [0.717, 1.165) is 0 Å². The molecule has 0 aromatic heterocycles. The van der Waals surface area contributed by atoms with E-state index in [2.05, 4.69) is 5.48 Å². The van der Waals surface area contributed by atoms with Crippen LogP contribution in [0.25, 0.3) is 0 Å². The molecule has 2 aliphatic rings. The zero-order valence-electron chi connectivity index (χ0n) is 16.6. The lowest BCUT2D eigenvalue weighted by molar-refractivity contribution is -0.139. The molecule has 2 heterocycles. The van der Waals surface area contributed by atoms with Gasteiger partial charge in [0.25, 0.3) is 5.91 Å². The van der Waals surface area contributed by atoms with Gasteiger partial charge in [-0.05, 0) is 47.5 Å². The van der Waals surface area contributed by atoms with E-state index in [1.807, 2.05) is 13.8 Å². The van der Waals surface area contributed by atoms with Gasteiger partial charge in [-0.2, -0.15) is 0 Å². The van der Waals surface area contributed by atoms with Crippen LogP contribution < -0.4 is 5.48 Å². The highest BCUT2D eigenvalue weighted by Crippen LogP contribution is 2.28. The molecule has 0 aromatic rings. The van der Waals surface area contributed by atoms with Crippen molar-refractivity contribution < 1.29 is 29.2 Å². The van der Waals surface area contributed by atoms with Gasteiger partial charge in [0, 0.05) is 12.6 Å². The Morgan fingerprint density at radius 3 is 2.59 bits per heavy atom. The summed E-state index contributed by atoms with van der Waals surface area (Å²) >= 11 is 0. The standard InChI is InChI=1S/C17H30N4O6/c1-11(2)19(16(24)27-17(3,4)5)8-9-26-18-14(22)13-7-6-12-10-20(13)15(23)21(12)25/h11-13,25H,6-10H2,1-5H3,(H,18,22)/t12?,13-/m0/s1. The summed E-state index contributed by atoms with van der Waals surface area (Å²) in [4.78, 5) is 44.5. The molecule has 2 bridgehead atoms. The number of rotatable bonds is 6. The lowest BCUT2D eigenvalue weighted by Gasteiger charge is -2.30. The summed E-state index contributed by atoms with van der Waals surface area (Å²) in [6.07, 6.45) is 0.561. The van der Waals surface area contributed by atoms with Crippen LogP contribution in [0.3, 0.4) is 0 Å². The lowest BCUT2D eigenvalue weighted by atomic mass is 10.0. The molecule has 10 nitrogen and oxygen atoms in total. The molecular weight excluding hydrogens is 356 g/mol. The van der Waals surface area contributed by atoms with Crippen LogP contribution in [-0.4, -0.2) is 81.5 Å². The van der Waals surface area contributed by atoms with Gasteiger partial charge in [0.1, 0.15) is 11.6 Å². The van der Waals surface area contributed by atoms with Crippen molar-refractivity contribution in [3.8, 4) is 0 Å². The van der Waals surface area contributed by atoms with Gasteiger partial charge in [0.2, 0.25) is 0 Å².